The van der Waals surface area contributed by atoms with Gasteiger partial charge in [-0.3, -0.25) is 0 Å². The fourth-order valence-electron chi connectivity index (χ4n) is 2.41. The predicted molar refractivity (Wildman–Crippen MR) is 60.1 cm³/mol. The van der Waals surface area contributed by atoms with Crippen LogP contribution in [0.4, 0.5) is 0 Å². The molecule has 1 unspecified atom stereocenters. The van der Waals surface area contributed by atoms with Gasteiger partial charge in [-0.25, -0.2) is 9.97 Å². The summed E-state index contributed by atoms with van der Waals surface area (Å²) >= 11 is 6.35. The van der Waals surface area contributed by atoms with E-state index in [-0.39, 0.29) is 0 Å². The Labute approximate surface area is 95.1 Å². The molecule has 0 spiro atoms. The van der Waals surface area contributed by atoms with Gasteiger partial charge in [0.15, 0.2) is 0 Å². The molecule has 1 aromatic heterocycles. The highest BCUT2D eigenvalue weighted by Gasteiger charge is 2.31. The summed E-state index contributed by atoms with van der Waals surface area (Å²) in [5.74, 6) is 0.749. The Kier molecular flexibility index (Phi) is 2.39. The van der Waals surface area contributed by atoms with Crippen LogP contribution in [0.1, 0.15) is 36.2 Å². The highest BCUT2D eigenvalue weighted by Crippen LogP contribution is 2.37. The number of halogens is 1. The number of hydrogen-bond donors (Lipinski definition) is 0. The molecule has 1 heterocycles. The fourth-order valence-corrected chi connectivity index (χ4v) is 2.81. The normalized spacial score (nSPS) is 21.4. The molecule has 2 aliphatic rings. The van der Waals surface area contributed by atoms with Gasteiger partial charge in [0.25, 0.3) is 0 Å². The Balaban J connectivity index is 1.82. The van der Waals surface area contributed by atoms with Crippen LogP contribution in [-0.2, 0) is 19.3 Å². The number of rotatable bonds is 3. The summed E-state index contributed by atoms with van der Waals surface area (Å²) < 4.78 is 0. The maximum atomic E-state index is 6.35. The van der Waals surface area contributed by atoms with Crippen molar-refractivity contribution in [3.8, 4) is 0 Å². The number of alkyl halides is 1. The van der Waals surface area contributed by atoms with Gasteiger partial charge >= 0.3 is 0 Å². The second kappa shape index (κ2) is 3.75. The predicted octanol–water partition coefficient (Wildman–Crippen LogP) is 2.53. The molecular formula is C12H15ClN2. The zero-order valence-corrected chi connectivity index (χ0v) is 9.50. The summed E-state index contributed by atoms with van der Waals surface area (Å²) in [5.41, 5.74) is 3.87. The van der Waals surface area contributed by atoms with Crippen molar-refractivity contribution in [2.75, 3.05) is 0 Å². The van der Waals surface area contributed by atoms with E-state index in [1.54, 1.807) is 6.33 Å². The molecule has 3 rings (SSSR count). The van der Waals surface area contributed by atoms with Crippen LogP contribution in [0.25, 0.3) is 0 Å². The highest BCUT2D eigenvalue weighted by atomic mass is 35.5. The average Bonchev–Trinajstić information content (AvgIpc) is 2.97. The summed E-state index contributed by atoms with van der Waals surface area (Å²) in [6.07, 6.45) is 8.77. The van der Waals surface area contributed by atoms with Gasteiger partial charge in [-0.1, -0.05) is 0 Å². The van der Waals surface area contributed by atoms with Crippen LogP contribution in [-0.4, -0.2) is 15.3 Å². The van der Waals surface area contributed by atoms with E-state index < -0.39 is 0 Å². The van der Waals surface area contributed by atoms with Gasteiger partial charge in [-0.05, 0) is 43.6 Å². The summed E-state index contributed by atoms with van der Waals surface area (Å²) in [6, 6.07) is 0. The van der Waals surface area contributed by atoms with Crippen LogP contribution in [0.2, 0.25) is 0 Å². The van der Waals surface area contributed by atoms with Crippen molar-refractivity contribution in [3.05, 3.63) is 23.3 Å². The lowest BCUT2D eigenvalue weighted by Crippen LogP contribution is -2.10. The second-order valence-electron chi connectivity index (χ2n) is 4.66. The van der Waals surface area contributed by atoms with Crippen molar-refractivity contribution in [1.82, 2.24) is 9.97 Å². The first kappa shape index (κ1) is 9.59. The minimum atomic E-state index is 0.296. The zero-order valence-electron chi connectivity index (χ0n) is 8.75. The number of aromatic nitrogens is 2. The van der Waals surface area contributed by atoms with Crippen molar-refractivity contribution < 1.29 is 0 Å². The minimum Gasteiger partial charge on any atom is -0.241 e. The van der Waals surface area contributed by atoms with Crippen molar-refractivity contribution in [3.63, 3.8) is 0 Å². The van der Waals surface area contributed by atoms with Gasteiger partial charge in [0.2, 0.25) is 0 Å². The van der Waals surface area contributed by atoms with Gasteiger partial charge in [0.1, 0.15) is 6.33 Å². The third-order valence-corrected chi connectivity index (χ3v) is 4.00. The van der Waals surface area contributed by atoms with E-state index >= 15 is 0 Å². The van der Waals surface area contributed by atoms with Gasteiger partial charge in [-0.2, -0.15) is 0 Å². The molecule has 0 amide bonds. The first-order chi connectivity index (χ1) is 7.34. The van der Waals surface area contributed by atoms with E-state index in [1.165, 1.54) is 36.2 Å². The van der Waals surface area contributed by atoms with Crippen molar-refractivity contribution in [2.24, 2.45) is 5.92 Å². The Morgan fingerprint density at radius 2 is 2.20 bits per heavy atom. The third-order valence-electron chi connectivity index (χ3n) is 3.49. The largest absolute Gasteiger partial charge is 0.241 e. The Morgan fingerprint density at radius 3 is 3.00 bits per heavy atom. The lowest BCUT2D eigenvalue weighted by molar-refractivity contribution is 0.715. The van der Waals surface area contributed by atoms with E-state index in [2.05, 4.69) is 9.97 Å². The summed E-state index contributed by atoms with van der Waals surface area (Å²) in [7, 11) is 0. The molecule has 0 saturated heterocycles. The lowest BCUT2D eigenvalue weighted by atomic mass is 10.1. The topological polar surface area (TPSA) is 25.8 Å². The molecule has 1 atom stereocenters. The number of aryl methyl sites for hydroxylation is 1. The molecule has 3 heteroatoms. The zero-order chi connectivity index (χ0) is 10.3. The third kappa shape index (κ3) is 1.87. The maximum Gasteiger partial charge on any atom is 0.115 e. The van der Waals surface area contributed by atoms with Gasteiger partial charge in [-0.15, -0.1) is 11.6 Å². The second-order valence-corrected chi connectivity index (χ2v) is 5.22. The molecule has 15 heavy (non-hydrogen) atoms. The molecule has 2 aliphatic carbocycles. The molecule has 1 fully saturated rings. The van der Waals surface area contributed by atoms with Gasteiger partial charge in [0, 0.05) is 23.2 Å². The van der Waals surface area contributed by atoms with Gasteiger partial charge in [0.05, 0.1) is 0 Å². The molecular weight excluding hydrogens is 208 g/mol. The monoisotopic (exact) mass is 222 g/mol. The molecule has 80 valence electrons. The van der Waals surface area contributed by atoms with Crippen LogP contribution < -0.4 is 0 Å². The van der Waals surface area contributed by atoms with Crippen molar-refractivity contribution in [2.45, 2.75) is 43.9 Å². The summed E-state index contributed by atoms with van der Waals surface area (Å²) in [4.78, 5) is 8.74. The molecule has 0 aromatic carbocycles. The Bertz CT molecular complexity index is 374. The first-order valence-corrected chi connectivity index (χ1v) is 6.24. The molecule has 0 aliphatic heterocycles. The van der Waals surface area contributed by atoms with Gasteiger partial charge < -0.3 is 0 Å². The van der Waals surface area contributed by atoms with E-state index in [9.17, 15) is 0 Å². The molecule has 0 radical (unpaired) electrons. The molecule has 2 nitrogen and oxygen atoms in total. The van der Waals surface area contributed by atoms with E-state index in [0.717, 1.165) is 25.2 Å². The van der Waals surface area contributed by atoms with Crippen LogP contribution >= 0.6 is 11.6 Å². The number of hydrogen-bond acceptors (Lipinski definition) is 2. The first-order valence-electron chi connectivity index (χ1n) is 5.80. The smallest absolute Gasteiger partial charge is 0.115 e. The summed E-state index contributed by atoms with van der Waals surface area (Å²) in [5, 5.41) is 0.296. The number of fused-ring (bicyclic) bond motifs is 1. The molecule has 0 N–H and O–H groups in total. The average molecular weight is 223 g/mol. The van der Waals surface area contributed by atoms with E-state index in [4.69, 9.17) is 11.6 Å². The molecule has 0 bridgehead atoms. The van der Waals surface area contributed by atoms with Crippen molar-refractivity contribution >= 4 is 11.6 Å². The lowest BCUT2D eigenvalue weighted by Gasteiger charge is -2.10. The van der Waals surface area contributed by atoms with Crippen molar-refractivity contribution in [1.29, 1.82) is 0 Å². The standard InChI is InChI=1S/C12H15ClN2/c13-10(8-4-5-8)6-12-9-2-1-3-11(9)14-7-15-12/h7-8,10H,1-6H2. The highest BCUT2D eigenvalue weighted by molar-refractivity contribution is 6.21. The van der Waals surface area contributed by atoms with E-state index in [0.29, 0.717) is 5.38 Å². The SMILES string of the molecule is ClC(Cc1ncnc2c1CCC2)C1CC1. The number of nitrogens with zero attached hydrogens (tertiary/aromatic N) is 2. The summed E-state index contributed by atoms with van der Waals surface area (Å²) in [6.45, 7) is 0. The maximum absolute atomic E-state index is 6.35. The van der Waals surface area contributed by atoms with Crippen LogP contribution in [0, 0.1) is 5.92 Å². The minimum absolute atomic E-state index is 0.296. The van der Waals surface area contributed by atoms with Crippen LogP contribution in [0.3, 0.4) is 0 Å². The molecule has 1 saturated carbocycles. The Morgan fingerprint density at radius 1 is 1.33 bits per heavy atom. The molecule has 1 aromatic rings. The Hall–Kier alpha value is -0.630. The quantitative estimate of drug-likeness (QED) is 0.735. The van der Waals surface area contributed by atoms with Crippen LogP contribution in [0.15, 0.2) is 6.33 Å². The van der Waals surface area contributed by atoms with Crippen LogP contribution in [0.5, 0.6) is 0 Å². The van der Waals surface area contributed by atoms with E-state index in [1.807, 2.05) is 0 Å². The fraction of sp³-hybridized carbons (Fsp3) is 0.667.